The van der Waals surface area contributed by atoms with E-state index in [2.05, 4.69) is 21.2 Å². The zero-order valence-corrected chi connectivity index (χ0v) is 12.4. The van der Waals surface area contributed by atoms with Crippen molar-refractivity contribution < 1.29 is 14.3 Å². The molecule has 0 saturated carbocycles. The van der Waals surface area contributed by atoms with Gasteiger partial charge in [0, 0.05) is 6.54 Å². The van der Waals surface area contributed by atoms with Crippen LogP contribution in [0.15, 0.2) is 39.4 Å². The van der Waals surface area contributed by atoms with Gasteiger partial charge in [-0.05, 0) is 52.7 Å². The van der Waals surface area contributed by atoms with Crippen molar-refractivity contribution in [2.45, 2.75) is 19.5 Å². The van der Waals surface area contributed by atoms with Crippen molar-refractivity contribution in [1.82, 2.24) is 5.32 Å². The molecule has 0 unspecified atom stereocenters. The summed E-state index contributed by atoms with van der Waals surface area (Å²) in [5.41, 5.74) is 1.01. The number of phenols is 1. The predicted molar refractivity (Wildman–Crippen MR) is 76.3 cm³/mol. The summed E-state index contributed by atoms with van der Waals surface area (Å²) in [4.78, 5) is 0. The fourth-order valence-corrected chi connectivity index (χ4v) is 2.28. The maximum atomic E-state index is 9.74. The third kappa shape index (κ3) is 3.30. The van der Waals surface area contributed by atoms with Crippen LogP contribution in [0.1, 0.15) is 24.3 Å². The third-order valence-electron chi connectivity index (χ3n) is 2.89. The van der Waals surface area contributed by atoms with Crippen LogP contribution in [-0.2, 0) is 6.54 Å². The van der Waals surface area contributed by atoms with Gasteiger partial charge in [-0.25, -0.2) is 0 Å². The minimum atomic E-state index is 0.116. The summed E-state index contributed by atoms with van der Waals surface area (Å²) in [5.74, 6) is 1.46. The molecular weight excluding hydrogens is 310 g/mol. The Bertz CT molecular complexity index is 540. The molecule has 1 aromatic carbocycles. The third-order valence-corrected chi connectivity index (χ3v) is 3.49. The first kappa shape index (κ1) is 14.0. The van der Waals surface area contributed by atoms with Gasteiger partial charge in [0.25, 0.3) is 0 Å². The number of hydrogen-bond acceptors (Lipinski definition) is 4. The van der Waals surface area contributed by atoms with Gasteiger partial charge in [-0.2, -0.15) is 0 Å². The second-order valence-corrected chi connectivity index (χ2v) is 5.10. The van der Waals surface area contributed by atoms with E-state index in [1.807, 2.05) is 31.2 Å². The van der Waals surface area contributed by atoms with Crippen molar-refractivity contribution >= 4 is 15.9 Å². The summed E-state index contributed by atoms with van der Waals surface area (Å²) in [5, 5.41) is 13.1. The molecule has 1 atom stereocenters. The maximum absolute atomic E-state index is 9.74. The normalized spacial score (nSPS) is 12.4. The molecule has 1 heterocycles. The van der Waals surface area contributed by atoms with Gasteiger partial charge in [-0.15, -0.1) is 0 Å². The molecule has 0 fully saturated rings. The number of aromatic hydroxyl groups is 1. The summed E-state index contributed by atoms with van der Waals surface area (Å²) in [7, 11) is 1.53. The van der Waals surface area contributed by atoms with Crippen LogP contribution in [-0.4, -0.2) is 12.2 Å². The fourth-order valence-electron chi connectivity index (χ4n) is 1.79. The lowest BCUT2D eigenvalue weighted by atomic mass is 10.1. The minimum Gasteiger partial charge on any atom is -0.503 e. The SMILES string of the molecule is COc1cc(CN[C@H](C)c2ccco2)cc(Br)c1O. The molecule has 2 rings (SSSR count). The lowest BCUT2D eigenvalue weighted by Gasteiger charge is -2.13. The Morgan fingerprint density at radius 3 is 2.89 bits per heavy atom. The average molecular weight is 326 g/mol. The maximum Gasteiger partial charge on any atom is 0.172 e. The van der Waals surface area contributed by atoms with Crippen LogP contribution in [0.3, 0.4) is 0 Å². The zero-order chi connectivity index (χ0) is 13.8. The van der Waals surface area contributed by atoms with Crippen molar-refractivity contribution in [2.24, 2.45) is 0 Å². The van der Waals surface area contributed by atoms with Gasteiger partial charge in [0.15, 0.2) is 11.5 Å². The zero-order valence-electron chi connectivity index (χ0n) is 10.8. The standard InChI is InChI=1S/C14H16BrNO3/c1-9(12-4-3-5-19-12)16-8-10-6-11(15)14(17)13(7-10)18-2/h3-7,9,16-17H,8H2,1-2H3/t9-/m1/s1. The van der Waals surface area contributed by atoms with E-state index in [9.17, 15) is 5.11 Å². The Kier molecular flexibility index (Phi) is 4.50. The Balaban J connectivity index is 2.05. The molecule has 4 nitrogen and oxygen atoms in total. The van der Waals surface area contributed by atoms with Crippen LogP contribution >= 0.6 is 15.9 Å². The van der Waals surface area contributed by atoms with E-state index in [1.54, 1.807) is 6.26 Å². The number of hydrogen-bond donors (Lipinski definition) is 2. The van der Waals surface area contributed by atoms with Crippen LogP contribution in [0, 0.1) is 0 Å². The Hall–Kier alpha value is -1.46. The molecule has 1 aromatic heterocycles. The largest absolute Gasteiger partial charge is 0.503 e. The predicted octanol–water partition coefficient (Wildman–Crippen LogP) is 3.61. The highest BCUT2D eigenvalue weighted by molar-refractivity contribution is 9.10. The quantitative estimate of drug-likeness (QED) is 0.881. The lowest BCUT2D eigenvalue weighted by molar-refractivity contribution is 0.370. The van der Waals surface area contributed by atoms with E-state index in [4.69, 9.17) is 9.15 Å². The van der Waals surface area contributed by atoms with Crippen molar-refractivity contribution in [3.8, 4) is 11.5 Å². The highest BCUT2D eigenvalue weighted by Crippen LogP contribution is 2.35. The molecule has 0 aliphatic carbocycles. The molecule has 0 amide bonds. The summed E-state index contributed by atoms with van der Waals surface area (Å²) in [6, 6.07) is 7.59. The monoisotopic (exact) mass is 325 g/mol. The lowest BCUT2D eigenvalue weighted by Crippen LogP contribution is -2.17. The van der Waals surface area contributed by atoms with Crippen molar-refractivity contribution in [3.63, 3.8) is 0 Å². The van der Waals surface area contributed by atoms with E-state index in [0.29, 0.717) is 16.8 Å². The minimum absolute atomic E-state index is 0.116. The van der Waals surface area contributed by atoms with Crippen LogP contribution in [0.2, 0.25) is 0 Å². The number of methoxy groups -OCH3 is 1. The van der Waals surface area contributed by atoms with E-state index < -0.39 is 0 Å². The topological polar surface area (TPSA) is 54.6 Å². The first-order valence-electron chi connectivity index (χ1n) is 5.94. The number of benzene rings is 1. The summed E-state index contributed by atoms with van der Waals surface area (Å²) in [6.45, 7) is 2.68. The molecule has 102 valence electrons. The second-order valence-electron chi connectivity index (χ2n) is 4.25. The molecule has 0 radical (unpaired) electrons. The number of rotatable bonds is 5. The van der Waals surface area contributed by atoms with Gasteiger partial charge in [0.1, 0.15) is 5.76 Å². The van der Waals surface area contributed by atoms with Crippen LogP contribution in [0.25, 0.3) is 0 Å². The molecule has 0 aliphatic rings. The average Bonchev–Trinajstić information content (AvgIpc) is 2.93. The summed E-state index contributed by atoms with van der Waals surface area (Å²) in [6.07, 6.45) is 1.66. The van der Waals surface area contributed by atoms with E-state index in [0.717, 1.165) is 11.3 Å². The highest BCUT2D eigenvalue weighted by atomic mass is 79.9. The molecule has 2 N–H and O–H groups in total. The van der Waals surface area contributed by atoms with E-state index in [-0.39, 0.29) is 11.8 Å². The van der Waals surface area contributed by atoms with Gasteiger partial charge in [-0.3, -0.25) is 0 Å². The van der Waals surface area contributed by atoms with Gasteiger partial charge in [0.05, 0.1) is 23.9 Å². The van der Waals surface area contributed by atoms with Crippen LogP contribution < -0.4 is 10.1 Å². The Morgan fingerprint density at radius 2 is 2.26 bits per heavy atom. The second kappa shape index (κ2) is 6.12. The summed E-state index contributed by atoms with van der Waals surface area (Å²) >= 11 is 3.31. The molecule has 0 bridgehead atoms. The van der Waals surface area contributed by atoms with Crippen LogP contribution in [0.4, 0.5) is 0 Å². The number of furan rings is 1. The molecule has 5 heteroatoms. The molecule has 0 spiro atoms. The van der Waals surface area contributed by atoms with Crippen molar-refractivity contribution in [3.05, 3.63) is 46.3 Å². The smallest absolute Gasteiger partial charge is 0.172 e. The molecule has 19 heavy (non-hydrogen) atoms. The first-order valence-corrected chi connectivity index (χ1v) is 6.73. The number of ether oxygens (including phenoxy) is 1. The summed E-state index contributed by atoms with van der Waals surface area (Å²) < 4.78 is 11.1. The first-order chi connectivity index (χ1) is 9.11. The van der Waals surface area contributed by atoms with Crippen molar-refractivity contribution in [2.75, 3.05) is 7.11 Å². The fraction of sp³-hybridized carbons (Fsp3) is 0.286. The molecule has 2 aromatic rings. The molecule has 0 aliphatic heterocycles. The van der Waals surface area contributed by atoms with Gasteiger partial charge in [0.2, 0.25) is 0 Å². The number of nitrogens with one attached hydrogen (secondary N) is 1. The van der Waals surface area contributed by atoms with Gasteiger partial charge >= 0.3 is 0 Å². The Labute approximate surface area is 120 Å². The van der Waals surface area contributed by atoms with Crippen molar-refractivity contribution in [1.29, 1.82) is 0 Å². The highest BCUT2D eigenvalue weighted by Gasteiger charge is 2.11. The molecular formula is C14H16BrNO3. The van der Waals surface area contributed by atoms with Gasteiger partial charge < -0.3 is 19.6 Å². The Morgan fingerprint density at radius 1 is 1.47 bits per heavy atom. The van der Waals surface area contributed by atoms with E-state index in [1.165, 1.54) is 7.11 Å². The van der Waals surface area contributed by atoms with Gasteiger partial charge in [-0.1, -0.05) is 0 Å². The number of phenolic OH excluding ortho intramolecular Hbond substituents is 1. The number of halogens is 1. The van der Waals surface area contributed by atoms with E-state index >= 15 is 0 Å². The molecule has 0 saturated heterocycles. The van der Waals surface area contributed by atoms with Crippen LogP contribution in [0.5, 0.6) is 11.5 Å².